The standard InChI is InChI=1S/C22H27FN8O/c1-13-7-9-31(12-13)22(32)27-15-5-2-4-14(10-15)26-20-17(23)11-25-21(28-20)18-16-6-3-8-24-19(16)30-29-18/h3,6,8,11,13-15H,2,4-5,7,9-10,12H2,1H3,(H,27,32)(H,24,29,30)(H,25,26,28)/t13-,14+,15-/m0/s1. The van der Waals surface area contributed by atoms with Gasteiger partial charge in [-0.05, 0) is 50.2 Å². The summed E-state index contributed by atoms with van der Waals surface area (Å²) in [4.78, 5) is 27.2. The number of carbonyl (C=O) groups excluding carboxylic acids is 1. The lowest BCUT2D eigenvalue weighted by Gasteiger charge is -2.32. The lowest BCUT2D eigenvalue weighted by atomic mass is 9.91. The Kier molecular flexibility index (Phi) is 5.59. The number of fused-ring (bicyclic) bond motifs is 1. The number of nitrogens with zero attached hydrogens (tertiary/aromatic N) is 5. The van der Waals surface area contributed by atoms with Crippen LogP contribution < -0.4 is 10.6 Å². The van der Waals surface area contributed by atoms with Crippen LogP contribution in [0.2, 0.25) is 0 Å². The van der Waals surface area contributed by atoms with Crippen LogP contribution in [0.15, 0.2) is 24.5 Å². The van der Waals surface area contributed by atoms with Gasteiger partial charge in [0.25, 0.3) is 0 Å². The van der Waals surface area contributed by atoms with Gasteiger partial charge in [0.2, 0.25) is 0 Å². The van der Waals surface area contributed by atoms with Gasteiger partial charge in [0.1, 0.15) is 5.69 Å². The zero-order valence-electron chi connectivity index (χ0n) is 18.0. The molecule has 1 saturated carbocycles. The number of anilines is 1. The average molecular weight is 439 g/mol. The number of hydrogen-bond acceptors (Lipinski definition) is 6. The molecule has 5 rings (SSSR count). The molecule has 168 valence electrons. The van der Waals surface area contributed by atoms with Crippen LogP contribution in [-0.2, 0) is 0 Å². The van der Waals surface area contributed by atoms with E-state index >= 15 is 0 Å². The fourth-order valence-corrected chi connectivity index (χ4v) is 4.64. The molecule has 3 aromatic heterocycles. The molecule has 0 bridgehead atoms. The second-order valence-electron chi connectivity index (χ2n) is 8.86. The van der Waals surface area contributed by atoms with Crippen LogP contribution in [0.4, 0.5) is 15.0 Å². The van der Waals surface area contributed by atoms with Crippen molar-refractivity contribution < 1.29 is 9.18 Å². The minimum absolute atomic E-state index is 0.00948. The highest BCUT2D eigenvalue weighted by molar-refractivity contribution is 5.88. The van der Waals surface area contributed by atoms with Crippen LogP contribution in [-0.4, -0.2) is 61.3 Å². The number of aromatic amines is 1. The summed E-state index contributed by atoms with van der Waals surface area (Å²) in [5, 5.41) is 14.2. The van der Waals surface area contributed by atoms with Gasteiger partial charge < -0.3 is 15.5 Å². The normalized spacial score (nSPS) is 23.4. The largest absolute Gasteiger partial charge is 0.365 e. The molecule has 1 aliphatic heterocycles. The van der Waals surface area contributed by atoms with Crippen molar-refractivity contribution in [3.05, 3.63) is 30.3 Å². The van der Waals surface area contributed by atoms with Crippen molar-refractivity contribution in [3.63, 3.8) is 0 Å². The fourth-order valence-electron chi connectivity index (χ4n) is 4.64. The molecule has 2 amide bonds. The minimum Gasteiger partial charge on any atom is -0.365 e. The maximum Gasteiger partial charge on any atom is 0.317 e. The van der Waals surface area contributed by atoms with Gasteiger partial charge in [0.15, 0.2) is 23.1 Å². The number of rotatable bonds is 4. The number of halogens is 1. The zero-order valence-corrected chi connectivity index (χ0v) is 18.0. The van der Waals surface area contributed by atoms with Gasteiger partial charge in [-0.1, -0.05) is 6.92 Å². The molecule has 3 aromatic rings. The highest BCUT2D eigenvalue weighted by atomic mass is 19.1. The Bertz CT molecular complexity index is 1120. The molecule has 4 heterocycles. The third-order valence-corrected chi connectivity index (χ3v) is 6.35. The lowest BCUT2D eigenvalue weighted by Crippen LogP contribution is -2.47. The highest BCUT2D eigenvalue weighted by Gasteiger charge is 2.28. The molecule has 3 atom stereocenters. The summed E-state index contributed by atoms with van der Waals surface area (Å²) in [6, 6.07) is 3.77. The molecular formula is C22H27FN8O. The first-order chi connectivity index (χ1) is 15.6. The summed E-state index contributed by atoms with van der Waals surface area (Å²) in [6.07, 6.45) is 7.39. The van der Waals surface area contributed by atoms with Gasteiger partial charge in [0, 0.05) is 36.8 Å². The topological polar surface area (TPSA) is 112 Å². The van der Waals surface area contributed by atoms with Crippen molar-refractivity contribution in [1.29, 1.82) is 0 Å². The van der Waals surface area contributed by atoms with E-state index in [1.807, 2.05) is 17.0 Å². The predicted octanol–water partition coefficient (Wildman–Crippen LogP) is 3.33. The molecule has 2 fully saturated rings. The molecule has 0 spiro atoms. The molecule has 0 aromatic carbocycles. The number of urea groups is 1. The molecule has 32 heavy (non-hydrogen) atoms. The Labute approximate surface area is 185 Å². The van der Waals surface area contributed by atoms with Gasteiger partial charge in [-0.3, -0.25) is 5.10 Å². The van der Waals surface area contributed by atoms with Gasteiger partial charge in [-0.25, -0.2) is 24.1 Å². The Hall–Kier alpha value is -3.30. The second-order valence-corrected chi connectivity index (χ2v) is 8.86. The van der Waals surface area contributed by atoms with Crippen LogP contribution in [0.1, 0.15) is 39.0 Å². The quantitative estimate of drug-likeness (QED) is 0.576. The molecule has 3 N–H and O–H groups in total. The maximum absolute atomic E-state index is 14.5. The van der Waals surface area contributed by atoms with Gasteiger partial charge >= 0.3 is 6.03 Å². The predicted molar refractivity (Wildman–Crippen MR) is 118 cm³/mol. The van der Waals surface area contributed by atoms with Crippen molar-refractivity contribution in [2.45, 2.75) is 51.1 Å². The molecule has 1 aliphatic carbocycles. The van der Waals surface area contributed by atoms with E-state index < -0.39 is 5.82 Å². The van der Waals surface area contributed by atoms with Crippen LogP contribution >= 0.6 is 0 Å². The number of aromatic nitrogens is 5. The monoisotopic (exact) mass is 438 g/mol. The van der Waals surface area contributed by atoms with E-state index in [1.165, 1.54) is 6.20 Å². The van der Waals surface area contributed by atoms with Gasteiger partial charge in [0.05, 0.1) is 6.20 Å². The van der Waals surface area contributed by atoms with E-state index in [1.54, 1.807) is 6.20 Å². The van der Waals surface area contributed by atoms with Crippen molar-refractivity contribution in [3.8, 4) is 11.5 Å². The van der Waals surface area contributed by atoms with Crippen LogP contribution in [0.25, 0.3) is 22.6 Å². The van der Waals surface area contributed by atoms with Crippen LogP contribution in [0.5, 0.6) is 0 Å². The third kappa shape index (κ3) is 4.21. The first-order valence-electron chi connectivity index (χ1n) is 11.2. The van der Waals surface area contributed by atoms with E-state index in [0.29, 0.717) is 23.1 Å². The average Bonchev–Trinajstić information content (AvgIpc) is 3.42. The summed E-state index contributed by atoms with van der Waals surface area (Å²) >= 11 is 0. The SMILES string of the molecule is C[C@H]1CCN(C(=O)N[C@H]2CCC[C@@H](Nc3nc(-c4[nH]nc5ncccc45)ncc3F)C2)C1. The van der Waals surface area contributed by atoms with E-state index in [0.717, 1.165) is 50.6 Å². The first-order valence-corrected chi connectivity index (χ1v) is 11.2. The molecule has 1 saturated heterocycles. The molecule has 2 aliphatic rings. The summed E-state index contributed by atoms with van der Waals surface area (Å²) in [5.41, 5.74) is 1.16. The van der Waals surface area contributed by atoms with Crippen molar-refractivity contribution in [2.75, 3.05) is 18.4 Å². The van der Waals surface area contributed by atoms with E-state index in [4.69, 9.17) is 0 Å². The molecule has 0 unspecified atom stereocenters. The maximum atomic E-state index is 14.5. The number of H-pyrrole nitrogens is 1. The van der Waals surface area contributed by atoms with Crippen LogP contribution in [0, 0.1) is 11.7 Å². The van der Waals surface area contributed by atoms with Crippen molar-refractivity contribution >= 4 is 22.9 Å². The summed E-state index contributed by atoms with van der Waals surface area (Å²) in [6.45, 7) is 3.79. The van der Waals surface area contributed by atoms with E-state index in [-0.39, 0.29) is 23.9 Å². The number of likely N-dealkylation sites (tertiary alicyclic amines) is 1. The molecular weight excluding hydrogens is 411 g/mol. The number of pyridine rings is 1. The number of carbonyl (C=O) groups is 1. The number of hydrogen-bond donors (Lipinski definition) is 3. The summed E-state index contributed by atoms with van der Waals surface area (Å²) in [7, 11) is 0. The summed E-state index contributed by atoms with van der Waals surface area (Å²) in [5.74, 6) is 0.562. The van der Waals surface area contributed by atoms with Gasteiger partial charge in [-0.2, -0.15) is 5.10 Å². The minimum atomic E-state index is -0.507. The van der Waals surface area contributed by atoms with E-state index in [9.17, 15) is 9.18 Å². The highest BCUT2D eigenvalue weighted by Crippen LogP contribution is 2.26. The molecule has 10 heteroatoms. The number of amides is 2. The zero-order chi connectivity index (χ0) is 22.1. The van der Waals surface area contributed by atoms with Gasteiger partial charge in [-0.15, -0.1) is 0 Å². The first kappa shape index (κ1) is 20.6. The van der Waals surface area contributed by atoms with Crippen molar-refractivity contribution in [1.82, 2.24) is 35.4 Å². The smallest absolute Gasteiger partial charge is 0.317 e. The molecule has 9 nitrogen and oxygen atoms in total. The lowest BCUT2D eigenvalue weighted by molar-refractivity contribution is 0.198. The Morgan fingerprint density at radius 2 is 2.12 bits per heavy atom. The summed E-state index contributed by atoms with van der Waals surface area (Å²) < 4.78 is 14.5. The second kappa shape index (κ2) is 8.68. The Balaban J connectivity index is 1.27. The van der Waals surface area contributed by atoms with Crippen LogP contribution in [0.3, 0.4) is 0 Å². The number of nitrogens with one attached hydrogen (secondary N) is 3. The molecule has 0 radical (unpaired) electrons. The van der Waals surface area contributed by atoms with Crippen molar-refractivity contribution in [2.24, 2.45) is 5.92 Å². The third-order valence-electron chi connectivity index (χ3n) is 6.35. The Morgan fingerprint density at radius 1 is 1.25 bits per heavy atom. The fraction of sp³-hybridized carbons (Fsp3) is 0.500. The Morgan fingerprint density at radius 3 is 2.97 bits per heavy atom. The van der Waals surface area contributed by atoms with E-state index in [2.05, 4.69) is 42.7 Å².